The maximum absolute atomic E-state index is 13.2. The van der Waals surface area contributed by atoms with Crippen molar-refractivity contribution in [2.45, 2.75) is 6.18 Å². The van der Waals surface area contributed by atoms with Crippen molar-refractivity contribution in [3.63, 3.8) is 0 Å². The first-order chi connectivity index (χ1) is 7.27. The molecule has 0 aromatic heterocycles. The van der Waals surface area contributed by atoms with Gasteiger partial charge in [-0.3, -0.25) is 4.79 Å². The molecule has 2 nitrogen and oxygen atoms in total. The van der Waals surface area contributed by atoms with Gasteiger partial charge < -0.3 is 4.74 Å². The molecule has 1 aromatic rings. The number of rotatable bonds is 2. The number of ether oxygens (including phenoxy) is 1. The Morgan fingerprint density at radius 3 is 2.31 bits per heavy atom. The minimum absolute atomic E-state index is 0.442. The second kappa shape index (κ2) is 4.29. The van der Waals surface area contributed by atoms with E-state index in [0.29, 0.717) is 12.1 Å². The molecule has 0 fully saturated rings. The van der Waals surface area contributed by atoms with Gasteiger partial charge in [0.15, 0.2) is 11.6 Å². The van der Waals surface area contributed by atoms with Gasteiger partial charge in [0.25, 0.3) is 5.24 Å². The monoisotopic (exact) mass is 256 g/mol. The van der Waals surface area contributed by atoms with Gasteiger partial charge in [-0.15, -0.1) is 0 Å². The normalized spacial score (nSPS) is 11.4. The van der Waals surface area contributed by atoms with Gasteiger partial charge in [-0.2, -0.15) is 13.2 Å². The van der Waals surface area contributed by atoms with Crippen molar-refractivity contribution in [1.82, 2.24) is 0 Å². The van der Waals surface area contributed by atoms with E-state index in [2.05, 4.69) is 4.74 Å². The molecule has 0 amide bonds. The standard InChI is InChI=1S/C9H5ClF4O2/c1-16-7-5(9(12,13)14)2-4(8(10)15)3-6(7)11/h2-3H,1H3. The molecule has 0 atom stereocenters. The molecule has 0 N–H and O–H groups in total. The number of benzene rings is 1. The molecule has 0 aliphatic rings. The summed E-state index contributed by atoms with van der Waals surface area (Å²) in [5.41, 5.74) is -1.95. The first-order valence-electron chi connectivity index (χ1n) is 3.92. The molecular weight excluding hydrogens is 252 g/mol. The summed E-state index contributed by atoms with van der Waals surface area (Å²) in [6, 6.07) is 1.03. The largest absolute Gasteiger partial charge is 0.493 e. The molecule has 0 aliphatic carbocycles. The van der Waals surface area contributed by atoms with Crippen LogP contribution in [-0.2, 0) is 6.18 Å². The van der Waals surface area contributed by atoms with E-state index in [9.17, 15) is 22.4 Å². The second-order valence-electron chi connectivity index (χ2n) is 2.81. The minimum Gasteiger partial charge on any atom is -0.493 e. The van der Waals surface area contributed by atoms with E-state index >= 15 is 0 Å². The van der Waals surface area contributed by atoms with Crippen LogP contribution in [0, 0.1) is 5.82 Å². The minimum atomic E-state index is -4.82. The average Bonchev–Trinajstić information content (AvgIpc) is 2.14. The number of alkyl halides is 3. The van der Waals surface area contributed by atoms with Gasteiger partial charge >= 0.3 is 6.18 Å². The summed E-state index contributed by atoms with van der Waals surface area (Å²) >= 11 is 4.98. The molecule has 16 heavy (non-hydrogen) atoms. The Balaban J connectivity index is 3.49. The molecule has 0 spiro atoms. The lowest BCUT2D eigenvalue weighted by molar-refractivity contribution is -0.139. The Morgan fingerprint density at radius 2 is 1.94 bits per heavy atom. The lowest BCUT2D eigenvalue weighted by Gasteiger charge is -2.13. The van der Waals surface area contributed by atoms with E-state index in [4.69, 9.17) is 11.6 Å². The van der Waals surface area contributed by atoms with Crippen LogP contribution in [0.1, 0.15) is 15.9 Å². The van der Waals surface area contributed by atoms with Gasteiger partial charge in [-0.25, -0.2) is 4.39 Å². The number of halogens is 5. The van der Waals surface area contributed by atoms with Crippen molar-refractivity contribution in [2.24, 2.45) is 0 Å². The summed E-state index contributed by atoms with van der Waals surface area (Å²) in [6.45, 7) is 0. The number of carbonyl (C=O) groups excluding carboxylic acids is 1. The second-order valence-corrected chi connectivity index (χ2v) is 3.15. The van der Waals surface area contributed by atoms with Crippen LogP contribution in [0.2, 0.25) is 0 Å². The van der Waals surface area contributed by atoms with Gasteiger partial charge in [0, 0.05) is 5.56 Å². The fraction of sp³-hybridized carbons (Fsp3) is 0.222. The maximum Gasteiger partial charge on any atom is 0.420 e. The van der Waals surface area contributed by atoms with Crippen molar-refractivity contribution in [3.05, 3.63) is 29.1 Å². The van der Waals surface area contributed by atoms with Crippen LogP contribution in [0.15, 0.2) is 12.1 Å². The fourth-order valence-corrected chi connectivity index (χ4v) is 1.23. The van der Waals surface area contributed by atoms with E-state index in [1.54, 1.807) is 0 Å². The number of methoxy groups -OCH3 is 1. The molecule has 0 saturated carbocycles. The highest BCUT2D eigenvalue weighted by Gasteiger charge is 2.36. The van der Waals surface area contributed by atoms with Gasteiger partial charge in [-0.1, -0.05) is 0 Å². The topological polar surface area (TPSA) is 26.3 Å². The van der Waals surface area contributed by atoms with Crippen LogP contribution in [0.4, 0.5) is 17.6 Å². The van der Waals surface area contributed by atoms with Crippen LogP contribution in [0.5, 0.6) is 5.75 Å². The Kier molecular flexibility index (Phi) is 3.42. The molecule has 0 radical (unpaired) electrons. The SMILES string of the molecule is COc1c(F)cc(C(=O)Cl)cc1C(F)(F)F. The Labute approximate surface area is 92.8 Å². The molecular formula is C9H5ClF4O2. The van der Waals surface area contributed by atoms with E-state index in [1.165, 1.54) is 0 Å². The van der Waals surface area contributed by atoms with Crippen molar-refractivity contribution in [3.8, 4) is 5.75 Å². The third-order valence-electron chi connectivity index (χ3n) is 1.78. The first kappa shape index (κ1) is 12.8. The Morgan fingerprint density at radius 1 is 1.38 bits per heavy atom. The zero-order valence-corrected chi connectivity index (χ0v) is 8.62. The van der Waals surface area contributed by atoms with Crippen molar-refractivity contribution in [1.29, 1.82) is 0 Å². The molecule has 0 aliphatic heterocycles. The Bertz CT molecular complexity index is 428. The summed E-state index contributed by atoms with van der Waals surface area (Å²) in [5.74, 6) is -2.25. The fourth-order valence-electron chi connectivity index (χ4n) is 1.12. The molecule has 88 valence electrons. The zero-order valence-electron chi connectivity index (χ0n) is 7.86. The van der Waals surface area contributed by atoms with Crippen LogP contribution < -0.4 is 4.74 Å². The quantitative estimate of drug-likeness (QED) is 0.600. The summed E-state index contributed by atoms with van der Waals surface area (Å²) in [5, 5.41) is -1.17. The van der Waals surface area contributed by atoms with Crippen LogP contribution in [0.3, 0.4) is 0 Å². The number of carbonyl (C=O) groups is 1. The highest BCUT2D eigenvalue weighted by Crippen LogP contribution is 2.38. The summed E-state index contributed by atoms with van der Waals surface area (Å²) in [4.78, 5) is 10.7. The summed E-state index contributed by atoms with van der Waals surface area (Å²) in [7, 11) is 0.899. The lowest BCUT2D eigenvalue weighted by atomic mass is 10.1. The first-order valence-corrected chi connectivity index (χ1v) is 4.29. The molecule has 0 unspecified atom stereocenters. The molecule has 0 saturated heterocycles. The summed E-state index contributed by atoms with van der Waals surface area (Å²) < 4.78 is 54.8. The van der Waals surface area contributed by atoms with E-state index < -0.39 is 34.1 Å². The average molecular weight is 257 g/mol. The Hall–Kier alpha value is -1.30. The third-order valence-corrected chi connectivity index (χ3v) is 2.00. The third kappa shape index (κ3) is 2.44. The smallest absolute Gasteiger partial charge is 0.420 e. The highest BCUT2D eigenvalue weighted by molar-refractivity contribution is 6.67. The molecule has 7 heteroatoms. The van der Waals surface area contributed by atoms with Crippen LogP contribution >= 0.6 is 11.6 Å². The van der Waals surface area contributed by atoms with Crippen LogP contribution in [0.25, 0.3) is 0 Å². The van der Waals surface area contributed by atoms with Crippen molar-refractivity contribution >= 4 is 16.8 Å². The highest BCUT2D eigenvalue weighted by atomic mass is 35.5. The van der Waals surface area contributed by atoms with E-state index in [-0.39, 0.29) is 0 Å². The van der Waals surface area contributed by atoms with E-state index in [0.717, 1.165) is 7.11 Å². The van der Waals surface area contributed by atoms with Gasteiger partial charge in [0.1, 0.15) is 5.56 Å². The predicted octanol–water partition coefficient (Wildman–Crippen LogP) is 3.23. The van der Waals surface area contributed by atoms with Crippen LogP contribution in [-0.4, -0.2) is 12.4 Å². The van der Waals surface area contributed by atoms with Crippen molar-refractivity contribution < 1.29 is 27.1 Å². The summed E-state index contributed by atoms with van der Waals surface area (Å²) in [6.07, 6.45) is -4.82. The number of hydrogen-bond acceptors (Lipinski definition) is 2. The molecule has 1 rings (SSSR count). The van der Waals surface area contributed by atoms with Gasteiger partial charge in [-0.05, 0) is 23.7 Å². The maximum atomic E-state index is 13.2. The predicted molar refractivity (Wildman–Crippen MR) is 48.1 cm³/mol. The zero-order chi connectivity index (χ0) is 12.5. The van der Waals surface area contributed by atoms with E-state index in [1.807, 2.05) is 0 Å². The van der Waals surface area contributed by atoms with Gasteiger partial charge in [0.05, 0.1) is 7.11 Å². The lowest BCUT2D eigenvalue weighted by Crippen LogP contribution is -2.10. The molecule has 0 heterocycles. The molecule has 0 bridgehead atoms. The van der Waals surface area contributed by atoms with Gasteiger partial charge in [0.2, 0.25) is 0 Å². The van der Waals surface area contributed by atoms with Crippen molar-refractivity contribution in [2.75, 3.05) is 7.11 Å². The number of hydrogen-bond donors (Lipinski definition) is 0. The molecule has 1 aromatic carbocycles.